The van der Waals surface area contributed by atoms with Gasteiger partial charge in [0.2, 0.25) is 5.88 Å². The molecular weight excluding hydrogens is 240 g/mol. The molecule has 1 aromatic heterocycles. The maximum atomic E-state index is 5.86. The van der Waals surface area contributed by atoms with Crippen molar-refractivity contribution < 1.29 is 9.47 Å². The van der Waals surface area contributed by atoms with Crippen LogP contribution in [0.25, 0.3) is 0 Å². The molecule has 4 heteroatoms. The van der Waals surface area contributed by atoms with Gasteiger partial charge in [-0.1, -0.05) is 6.07 Å². The highest BCUT2D eigenvalue weighted by molar-refractivity contribution is 5.09. The van der Waals surface area contributed by atoms with Crippen molar-refractivity contribution >= 4 is 0 Å². The van der Waals surface area contributed by atoms with Crippen molar-refractivity contribution in [2.75, 3.05) is 32.9 Å². The molecule has 1 atom stereocenters. The monoisotopic (exact) mass is 262 g/mol. The summed E-state index contributed by atoms with van der Waals surface area (Å²) in [6, 6.07) is 5.78. The third-order valence-electron chi connectivity index (χ3n) is 4.60. The van der Waals surface area contributed by atoms with Crippen LogP contribution in [-0.4, -0.2) is 37.9 Å². The molecule has 3 rings (SSSR count). The fourth-order valence-corrected chi connectivity index (χ4v) is 3.31. The lowest BCUT2D eigenvalue weighted by Gasteiger charge is -2.46. The van der Waals surface area contributed by atoms with E-state index in [2.05, 4.69) is 10.3 Å². The minimum Gasteiger partial charge on any atom is -0.477 e. The van der Waals surface area contributed by atoms with Gasteiger partial charge in [-0.25, -0.2) is 4.98 Å². The van der Waals surface area contributed by atoms with E-state index >= 15 is 0 Å². The molecule has 4 nitrogen and oxygen atoms in total. The average molecular weight is 262 g/mol. The Hall–Kier alpha value is -1.13. The summed E-state index contributed by atoms with van der Waals surface area (Å²) in [5.74, 6) is 1.21. The molecule has 1 aromatic rings. The van der Waals surface area contributed by atoms with E-state index < -0.39 is 0 Å². The van der Waals surface area contributed by atoms with E-state index in [-0.39, 0.29) is 0 Å². The largest absolute Gasteiger partial charge is 0.477 e. The number of nitrogens with one attached hydrogen (secondary N) is 1. The van der Waals surface area contributed by atoms with Crippen molar-refractivity contribution in [1.29, 1.82) is 0 Å². The Morgan fingerprint density at radius 3 is 3.00 bits per heavy atom. The van der Waals surface area contributed by atoms with E-state index in [1.54, 1.807) is 6.20 Å². The third-order valence-corrected chi connectivity index (χ3v) is 4.60. The Bertz CT molecular complexity index is 382. The van der Waals surface area contributed by atoms with Crippen molar-refractivity contribution in [3.8, 4) is 5.88 Å². The van der Waals surface area contributed by atoms with Gasteiger partial charge >= 0.3 is 0 Å². The van der Waals surface area contributed by atoms with Gasteiger partial charge in [0.1, 0.15) is 0 Å². The molecule has 2 aliphatic heterocycles. The maximum Gasteiger partial charge on any atom is 0.213 e. The lowest BCUT2D eigenvalue weighted by Crippen LogP contribution is -2.48. The van der Waals surface area contributed by atoms with Gasteiger partial charge in [-0.3, -0.25) is 0 Å². The minimum absolute atomic E-state index is 0.415. The molecule has 19 heavy (non-hydrogen) atoms. The Morgan fingerprint density at radius 2 is 2.21 bits per heavy atom. The van der Waals surface area contributed by atoms with Crippen LogP contribution < -0.4 is 10.1 Å². The van der Waals surface area contributed by atoms with Crippen LogP contribution in [0.5, 0.6) is 5.88 Å². The lowest BCUT2D eigenvalue weighted by atomic mass is 9.66. The Labute approximate surface area is 114 Å². The molecule has 3 heterocycles. The molecule has 0 aliphatic carbocycles. The molecule has 0 radical (unpaired) electrons. The van der Waals surface area contributed by atoms with Crippen LogP contribution in [-0.2, 0) is 4.74 Å². The van der Waals surface area contributed by atoms with Crippen LogP contribution in [0.2, 0.25) is 0 Å². The van der Waals surface area contributed by atoms with Gasteiger partial charge in [0.25, 0.3) is 0 Å². The second-order valence-corrected chi connectivity index (χ2v) is 5.61. The fraction of sp³-hybridized carbons (Fsp3) is 0.667. The quantitative estimate of drug-likeness (QED) is 0.903. The summed E-state index contributed by atoms with van der Waals surface area (Å²) in [5, 5.41) is 3.46. The highest BCUT2D eigenvalue weighted by Gasteiger charge is 2.42. The van der Waals surface area contributed by atoms with Gasteiger partial charge in [-0.15, -0.1) is 0 Å². The summed E-state index contributed by atoms with van der Waals surface area (Å²) in [7, 11) is 0. The van der Waals surface area contributed by atoms with Gasteiger partial charge in [0.15, 0.2) is 0 Å². The molecule has 1 N–H and O–H groups in total. The summed E-state index contributed by atoms with van der Waals surface area (Å²) in [6.07, 6.45) is 5.43. The number of pyridine rings is 1. The fourth-order valence-electron chi connectivity index (χ4n) is 3.31. The number of ether oxygens (including phenoxy) is 2. The highest BCUT2D eigenvalue weighted by atomic mass is 16.5. The standard InChI is InChI=1S/C15H22N2O2/c1-2-7-17-14(3-1)19-12-13-11-18-10-6-15(13)4-8-16-9-5-15/h1-3,7,13,16H,4-6,8-12H2/t13-/m0/s1. The second kappa shape index (κ2) is 5.88. The average Bonchev–Trinajstić information content (AvgIpc) is 2.48. The number of hydrogen-bond donors (Lipinski definition) is 1. The number of rotatable bonds is 3. The summed E-state index contributed by atoms with van der Waals surface area (Å²) in [6.45, 7) is 4.70. The van der Waals surface area contributed by atoms with E-state index in [0.717, 1.165) is 38.8 Å². The summed E-state index contributed by atoms with van der Waals surface area (Å²) < 4.78 is 11.5. The molecule has 0 unspecified atom stereocenters. The van der Waals surface area contributed by atoms with Crippen molar-refractivity contribution in [1.82, 2.24) is 10.3 Å². The first-order valence-electron chi connectivity index (χ1n) is 7.21. The molecule has 104 valence electrons. The minimum atomic E-state index is 0.415. The molecule has 2 fully saturated rings. The number of nitrogens with zero attached hydrogens (tertiary/aromatic N) is 1. The van der Waals surface area contributed by atoms with Crippen LogP contribution in [0, 0.1) is 11.3 Å². The van der Waals surface area contributed by atoms with E-state index in [0.29, 0.717) is 11.3 Å². The van der Waals surface area contributed by atoms with E-state index in [4.69, 9.17) is 9.47 Å². The van der Waals surface area contributed by atoms with Crippen molar-refractivity contribution in [3.05, 3.63) is 24.4 Å². The van der Waals surface area contributed by atoms with Crippen molar-refractivity contribution in [2.45, 2.75) is 19.3 Å². The predicted molar refractivity (Wildman–Crippen MR) is 73.2 cm³/mol. The maximum absolute atomic E-state index is 5.86. The van der Waals surface area contributed by atoms with Gasteiger partial charge < -0.3 is 14.8 Å². The first-order chi connectivity index (χ1) is 9.39. The molecule has 2 aliphatic rings. The normalized spacial score (nSPS) is 26.2. The first-order valence-corrected chi connectivity index (χ1v) is 7.21. The zero-order valence-corrected chi connectivity index (χ0v) is 11.3. The molecule has 1 spiro atoms. The van der Waals surface area contributed by atoms with Gasteiger partial charge in [0, 0.05) is 24.8 Å². The molecular formula is C15H22N2O2. The van der Waals surface area contributed by atoms with Crippen LogP contribution in [0.4, 0.5) is 0 Å². The topological polar surface area (TPSA) is 43.4 Å². The highest BCUT2D eigenvalue weighted by Crippen LogP contribution is 2.43. The number of hydrogen-bond acceptors (Lipinski definition) is 4. The number of piperidine rings is 1. The molecule has 0 amide bonds. The second-order valence-electron chi connectivity index (χ2n) is 5.61. The van der Waals surface area contributed by atoms with Gasteiger partial charge in [-0.05, 0) is 43.8 Å². The Balaban J connectivity index is 1.64. The zero-order chi connectivity index (χ0) is 13.0. The zero-order valence-electron chi connectivity index (χ0n) is 11.3. The van der Waals surface area contributed by atoms with E-state index in [1.165, 1.54) is 19.3 Å². The summed E-state index contributed by atoms with van der Waals surface area (Å²) in [4.78, 5) is 4.22. The lowest BCUT2D eigenvalue weighted by molar-refractivity contribution is -0.0725. The molecule has 0 bridgehead atoms. The van der Waals surface area contributed by atoms with Crippen LogP contribution in [0.3, 0.4) is 0 Å². The third kappa shape index (κ3) is 2.90. The van der Waals surface area contributed by atoms with Crippen LogP contribution >= 0.6 is 0 Å². The number of aromatic nitrogens is 1. The van der Waals surface area contributed by atoms with Crippen LogP contribution in [0.15, 0.2) is 24.4 Å². The summed E-state index contributed by atoms with van der Waals surface area (Å²) in [5.41, 5.74) is 0.415. The summed E-state index contributed by atoms with van der Waals surface area (Å²) >= 11 is 0. The Kier molecular flexibility index (Phi) is 3.99. The van der Waals surface area contributed by atoms with Crippen LogP contribution in [0.1, 0.15) is 19.3 Å². The first kappa shape index (κ1) is 12.9. The van der Waals surface area contributed by atoms with Crippen molar-refractivity contribution in [2.24, 2.45) is 11.3 Å². The van der Waals surface area contributed by atoms with Gasteiger partial charge in [0.05, 0.1) is 13.2 Å². The van der Waals surface area contributed by atoms with E-state index in [1.807, 2.05) is 18.2 Å². The SMILES string of the molecule is c1ccc(OC[C@@H]2COCCC23CCNCC3)nc1. The predicted octanol–water partition coefficient (Wildman–Crippen LogP) is 1.87. The molecule has 2 saturated heterocycles. The van der Waals surface area contributed by atoms with Crippen molar-refractivity contribution in [3.63, 3.8) is 0 Å². The molecule has 0 aromatic carbocycles. The molecule has 0 saturated carbocycles. The van der Waals surface area contributed by atoms with E-state index in [9.17, 15) is 0 Å². The van der Waals surface area contributed by atoms with Gasteiger partial charge in [-0.2, -0.15) is 0 Å². The Morgan fingerprint density at radius 1 is 1.32 bits per heavy atom. The smallest absolute Gasteiger partial charge is 0.213 e.